The van der Waals surface area contributed by atoms with Crippen molar-refractivity contribution in [3.63, 3.8) is 0 Å². The van der Waals surface area contributed by atoms with Crippen molar-refractivity contribution >= 4 is 23.0 Å². The standard InChI is InChI=1S/C30H38N4O4/c1-20(30-17-21-13-22(18-30)15-23(14-21)19-30)31-27-16-25(5-8-28(27)34(36)37)32-9-11-33(12-10-32)29(35)24-3-6-26(38-2)7-4-24/h3-8,16,20-23,31H,9-15,17-19H2,1-2H3/t20-,21?,22?,23?,30?/m1/s1. The summed E-state index contributed by atoms with van der Waals surface area (Å²) in [5.74, 6) is 3.26. The van der Waals surface area contributed by atoms with Crippen LogP contribution in [-0.4, -0.2) is 55.1 Å². The van der Waals surface area contributed by atoms with Crippen LogP contribution in [0.2, 0.25) is 0 Å². The number of nitro benzene ring substituents is 1. The van der Waals surface area contributed by atoms with Gasteiger partial charge in [-0.05, 0) is 105 Å². The molecule has 1 heterocycles. The third-order valence-electron chi connectivity index (χ3n) is 9.82. The molecule has 1 aliphatic heterocycles. The summed E-state index contributed by atoms with van der Waals surface area (Å²) in [4.78, 5) is 28.7. The van der Waals surface area contributed by atoms with E-state index in [1.165, 1.54) is 38.5 Å². The van der Waals surface area contributed by atoms with Gasteiger partial charge in [0.05, 0.1) is 12.0 Å². The zero-order valence-corrected chi connectivity index (χ0v) is 22.4. The molecule has 4 bridgehead atoms. The minimum atomic E-state index is -0.274. The molecule has 4 saturated carbocycles. The molecule has 0 radical (unpaired) electrons. The van der Waals surface area contributed by atoms with E-state index in [1.54, 1.807) is 37.4 Å². The summed E-state index contributed by atoms with van der Waals surface area (Å²) in [5.41, 5.74) is 2.63. The molecular weight excluding hydrogens is 480 g/mol. The van der Waals surface area contributed by atoms with Crippen molar-refractivity contribution in [2.45, 2.75) is 51.5 Å². The van der Waals surface area contributed by atoms with Crippen LogP contribution in [0.4, 0.5) is 17.1 Å². The summed E-state index contributed by atoms with van der Waals surface area (Å²) in [7, 11) is 1.61. The summed E-state index contributed by atoms with van der Waals surface area (Å²) in [6.07, 6.45) is 7.91. The number of amides is 1. The van der Waals surface area contributed by atoms with Crippen LogP contribution in [0.3, 0.4) is 0 Å². The number of hydrogen-bond acceptors (Lipinski definition) is 6. The van der Waals surface area contributed by atoms with E-state index in [2.05, 4.69) is 17.1 Å². The van der Waals surface area contributed by atoms with Gasteiger partial charge in [-0.25, -0.2) is 0 Å². The minimum absolute atomic E-state index is 0.0164. The van der Waals surface area contributed by atoms with Crippen molar-refractivity contribution < 1.29 is 14.5 Å². The van der Waals surface area contributed by atoms with Gasteiger partial charge in [0.25, 0.3) is 11.6 Å². The summed E-state index contributed by atoms with van der Waals surface area (Å²) < 4.78 is 5.20. The number of nitro groups is 1. The van der Waals surface area contributed by atoms with Gasteiger partial charge in [0.15, 0.2) is 0 Å². The summed E-state index contributed by atoms with van der Waals surface area (Å²) >= 11 is 0. The average molecular weight is 519 g/mol. The van der Waals surface area contributed by atoms with E-state index in [0.717, 1.165) is 29.2 Å². The quantitative estimate of drug-likeness (QED) is 0.380. The molecule has 5 fully saturated rings. The Labute approximate surface area is 224 Å². The molecule has 1 saturated heterocycles. The van der Waals surface area contributed by atoms with E-state index >= 15 is 0 Å². The van der Waals surface area contributed by atoms with Gasteiger partial charge in [-0.3, -0.25) is 14.9 Å². The number of methoxy groups -OCH3 is 1. The zero-order chi connectivity index (χ0) is 26.4. The number of ether oxygens (including phenoxy) is 1. The van der Waals surface area contributed by atoms with Crippen LogP contribution in [0.25, 0.3) is 0 Å². The second-order valence-corrected chi connectivity index (χ2v) is 12.1. The third-order valence-corrected chi connectivity index (χ3v) is 9.82. The summed E-state index contributed by atoms with van der Waals surface area (Å²) in [6.45, 7) is 4.82. The van der Waals surface area contributed by atoms with Crippen molar-refractivity contribution in [3.05, 3.63) is 58.1 Å². The Morgan fingerprint density at radius 2 is 1.61 bits per heavy atom. The Balaban J connectivity index is 1.15. The molecule has 2 aromatic rings. The number of piperazine rings is 1. The molecule has 2 aromatic carbocycles. The van der Waals surface area contributed by atoms with Gasteiger partial charge in [0.1, 0.15) is 11.4 Å². The second kappa shape index (κ2) is 9.79. The molecule has 5 aliphatic rings. The first kappa shape index (κ1) is 25.0. The maximum atomic E-state index is 13.0. The average Bonchev–Trinajstić information content (AvgIpc) is 2.92. The SMILES string of the molecule is COc1ccc(C(=O)N2CCN(c3ccc([N+](=O)[O-])c(N[C@H](C)C45CC6CC(CC(C6)C4)C5)c3)CC2)cc1. The molecular formula is C30H38N4O4. The molecule has 0 spiro atoms. The van der Waals surface area contributed by atoms with E-state index in [4.69, 9.17) is 4.74 Å². The molecule has 8 nitrogen and oxygen atoms in total. The first-order valence-electron chi connectivity index (χ1n) is 14.1. The first-order valence-corrected chi connectivity index (χ1v) is 14.1. The maximum absolute atomic E-state index is 13.0. The topological polar surface area (TPSA) is 88.0 Å². The van der Waals surface area contributed by atoms with Crippen molar-refractivity contribution in [1.82, 2.24) is 4.90 Å². The van der Waals surface area contributed by atoms with E-state index in [0.29, 0.717) is 37.4 Å². The molecule has 1 amide bonds. The maximum Gasteiger partial charge on any atom is 0.292 e. The number of rotatable bonds is 7. The van der Waals surface area contributed by atoms with Gasteiger partial charge in [-0.2, -0.15) is 0 Å². The van der Waals surface area contributed by atoms with Gasteiger partial charge in [0.2, 0.25) is 0 Å². The van der Waals surface area contributed by atoms with E-state index in [9.17, 15) is 14.9 Å². The van der Waals surface area contributed by atoms with Crippen LogP contribution in [0, 0.1) is 33.3 Å². The van der Waals surface area contributed by atoms with Crippen LogP contribution in [0.5, 0.6) is 5.75 Å². The van der Waals surface area contributed by atoms with Gasteiger partial charge in [-0.15, -0.1) is 0 Å². The highest BCUT2D eigenvalue weighted by Crippen LogP contribution is 2.61. The zero-order valence-electron chi connectivity index (χ0n) is 22.4. The molecule has 202 valence electrons. The van der Waals surface area contributed by atoms with Crippen molar-refractivity contribution in [2.75, 3.05) is 43.5 Å². The fraction of sp³-hybridized carbons (Fsp3) is 0.567. The smallest absolute Gasteiger partial charge is 0.292 e. The highest BCUT2D eigenvalue weighted by Gasteiger charge is 2.53. The predicted octanol–water partition coefficient (Wildman–Crippen LogP) is 5.58. The van der Waals surface area contributed by atoms with Gasteiger partial charge >= 0.3 is 0 Å². The van der Waals surface area contributed by atoms with Crippen LogP contribution >= 0.6 is 0 Å². The Morgan fingerprint density at radius 3 is 2.16 bits per heavy atom. The van der Waals surface area contributed by atoms with E-state index in [1.807, 2.05) is 17.0 Å². The highest BCUT2D eigenvalue weighted by molar-refractivity contribution is 5.94. The molecule has 7 rings (SSSR count). The van der Waals surface area contributed by atoms with Gasteiger partial charge in [-0.1, -0.05) is 0 Å². The monoisotopic (exact) mass is 518 g/mol. The largest absolute Gasteiger partial charge is 0.497 e. The number of carbonyl (C=O) groups is 1. The fourth-order valence-corrected chi connectivity index (χ4v) is 8.17. The van der Waals surface area contributed by atoms with Gasteiger partial charge < -0.3 is 19.9 Å². The second-order valence-electron chi connectivity index (χ2n) is 12.1. The lowest BCUT2D eigenvalue weighted by atomic mass is 9.48. The first-order chi connectivity index (χ1) is 18.3. The Kier molecular flexibility index (Phi) is 6.44. The summed E-state index contributed by atoms with van der Waals surface area (Å²) in [5, 5.41) is 15.6. The minimum Gasteiger partial charge on any atom is -0.497 e. The number of nitrogens with one attached hydrogen (secondary N) is 1. The fourth-order valence-electron chi connectivity index (χ4n) is 8.17. The molecule has 38 heavy (non-hydrogen) atoms. The molecule has 4 aliphatic carbocycles. The molecule has 1 atom stereocenters. The number of carbonyl (C=O) groups excluding carboxylic acids is 1. The number of anilines is 2. The number of nitrogens with zero attached hydrogens (tertiary/aromatic N) is 3. The molecule has 8 heteroatoms. The predicted molar refractivity (Wildman–Crippen MR) is 148 cm³/mol. The lowest BCUT2D eigenvalue weighted by Gasteiger charge is -2.59. The van der Waals surface area contributed by atoms with Crippen LogP contribution in [0.1, 0.15) is 55.8 Å². The Hall–Kier alpha value is -3.29. The van der Waals surface area contributed by atoms with Crippen LogP contribution < -0.4 is 15.0 Å². The summed E-state index contributed by atoms with van der Waals surface area (Å²) in [6, 6.07) is 12.8. The highest BCUT2D eigenvalue weighted by atomic mass is 16.6. The van der Waals surface area contributed by atoms with Gasteiger partial charge in [0, 0.05) is 49.5 Å². The van der Waals surface area contributed by atoms with Crippen LogP contribution in [-0.2, 0) is 0 Å². The van der Waals surface area contributed by atoms with E-state index < -0.39 is 0 Å². The number of hydrogen-bond donors (Lipinski definition) is 1. The Morgan fingerprint density at radius 1 is 1.00 bits per heavy atom. The lowest BCUT2D eigenvalue weighted by molar-refractivity contribution is -0.384. The van der Waals surface area contributed by atoms with Crippen LogP contribution in [0.15, 0.2) is 42.5 Å². The van der Waals surface area contributed by atoms with Crippen molar-refractivity contribution in [2.24, 2.45) is 23.2 Å². The molecule has 1 N–H and O–H groups in total. The lowest BCUT2D eigenvalue weighted by Crippen LogP contribution is -2.53. The number of benzene rings is 2. The van der Waals surface area contributed by atoms with Crippen molar-refractivity contribution in [3.8, 4) is 5.75 Å². The Bertz CT molecular complexity index is 1170. The molecule has 0 unspecified atom stereocenters. The normalized spacial score (nSPS) is 28.7. The van der Waals surface area contributed by atoms with E-state index in [-0.39, 0.29) is 28.0 Å². The molecule has 0 aromatic heterocycles. The van der Waals surface area contributed by atoms with Crippen molar-refractivity contribution in [1.29, 1.82) is 0 Å². The third kappa shape index (κ3) is 4.58.